The Labute approximate surface area is 113 Å². The summed E-state index contributed by atoms with van der Waals surface area (Å²) in [7, 11) is 1.64. The van der Waals surface area contributed by atoms with Crippen LogP contribution >= 0.6 is 0 Å². The fourth-order valence-electron chi connectivity index (χ4n) is 3.07. The van der Waals surface area contributed by atoms with Gasteiger partial charge in [-0.25, -0.2) is 0 Å². The number of hydrogen-bond donors (Lipinski definition) is 1. The summed E-state index contributed by atoms with van der Waals surface area (Å²) >= 11 is 0. The number of rotatable bonds is 3. The van der Waals surface area contributed by atoms with E-state index in [1.165, 1.54) is 12.8 Å². The molecule has 104 valence electrons. The lowest BCUT2D eigenvalue weighted by Crippen LogP contribution is -2.48. The van der Waals surface area contributed by atoms with E-state index in [9.17, 15) is 5.11 Å². The van der Waals surface area contributed by atoms with Crippen molar-refractivity contribution in [1.29, 1.82) is 0 Å². The number of hydrogen-bond acceptors (Lipinski definition) is 4. The molecule has 0 bridgehead atoms. The number of fused-ring (bicyclic) bond motifs is 1. The Hall–Kier alpha value is -1.10. The molecule has 0 aliphatic carbocycles. The molecule has 2 heterocycles. The summed E-state index contributed by atoms with van der Waals surface area (Å²) in [6, 6.07) is 8.15. The normalized spacial score (nSPS) is 28.9. The van der Waals surface area contributed by atoms with Crippen LogP contribution in [0.5, 0.6) is 5.75 Å². The van der Waals surface area contributed by atoms with Gasteiger partial charge in [-0.2, -0.15) is 0 Å². The Balaban J connectivity index is 1.70. The van der Waals surface area contributed by atoms with Crippen LogP contribution in [-0.2, 0) is 4.74 Å². The van der Waals surface area contributed by atoms with E-state index in [-0.39, 0.29) is 6.10 Å². The zero-order chi connectivity index (χ0) is 13.2. The molecule has 0 amide bonds. The highest BCUT2D eigenvalue weighted by molar-refractivity contribution is 5.30. The molecule has 2 aliphatic heterocycles. The fourth-order valence-corrected chi connectivity index (χ4v) is 3.07. The van der Waals surface area contributed by atoms with Gasteiger partial charge in [0.25, 0.3) is 0 Å². The summed E-state index contributed by atoms with van der Waals surface area (Å²) in [5.41, 5.74) is 0.863. The number of benzene rings is 1. The van der Waals surface area contributed by atoms with Crippen molar-refractivity contribution in [3.8, 4) is 5.75 Å². The molecule has 19 heavy (non-hydrogen) atoms. The van der Waals surface area contributed by atoms with Crippen molar-refractivity contribution in [3.63, 3.8) is 0 Å². The fraction of sp³-hybridized carbons (Fsp3) is 0.600. The lowest BCUT2D eigenvalue weighted by atomic mass is 10.0. The SMILES string of the molecule is COc1cccc(C(O)C2CN3CCCC3CO2)c1. The Morgan fingerprint density at radius 1 is 1.47 bits per heavy atom. The first-order valence-electron chi connectivity index (χ1n) is 6.95. The lowest BCUT2D eigenvalue weighted by Gasteiger charge is -2.37. The summed E-state index contributed by atoms with van der Waals surface area (Å²) in [5, 5.41) is 10.5. The third-order valence-corrected chi connectivity index (χ3v) is 4.20. The first-order valence-corrected chi connectivity index (χ1v) is 6.95. The zero-order valence-electron chi connectivity index (χ0n) is 11.3. The van der Waals surface area contributed by atoms with E-state index in [1.807, 2.05) is 24.3 Å². The van der Waals surface area contributed by atoms with Crippen LogP contribution in [0.25, 0.3) is 0 Å². The Morgan fingerprint density at radius 3 is 3.21 bits per heavy atom. The van der Waals surface area contributed by atoms with Crippen LogP contribution in [0.15, 0.2) is 24.3 Å². The maximum atomic E-state index is 10.5. The van der Waals surface area contributed by atoms with E-state index < -0.39 is 6.10 Å². The van der Waals surface area contributed by atoms with Crippen LogP contribution in [0.2, 0.25) is 0 Å². The van der Waals surface area contributed by atoms with Crippen LogP contribution in [0.3, 0.4) is 0 Å². The zero-order valence-corrected chi connectivity index (χ0v) is 11.3. The standard InChI is InChI=1S/C15H21NO3/c1-18-13-6-2-4-11(8-13)15(17)14-9-16-7-3-5-12(16)10-19-14/h2,4,6,8,12,14-15,17H,3,5,7,9-10H2,1H3. The predicted octanol–water partition coefficient (Wildman–Crippen LogP) is 1.59. The molecule has 0 radical (unpaired) electrons. The molecule has 1 aromatic carbocycles. The highest BCUT2D eigenvalue weighted by atomic mass is 16.5. The van der Waals surface area contributed by atoms with Crippen molar-refractivity contribution >= 4 is 0 Å². The average molecular weight is 263 g/mol. The maximum Gasteiger partial charge on any atom is 0.119 e. The molecule has 0 aromatic heterocycles. The molecule has 1 N–H and O–H groups in total. The summed E-state index contributed by atoms with van der Waals surface area (Å²) in [6.07, 6.45) is 1.75. The molecular formula is C15H21NO3. The van der Waals surface area contributed by atoms with Gasteiger partial charge in [0.1, 0.15) is 18.0 Å². The van der Waals surface area contributed by atoms with Crippen LogP contribution < -0.4 is 4.74 Å². The molecule has 0 spiro atoms. The maximum absolute atomic E-state index is 10.5. The van der Waals surface area contributed by atoms with Crippen LogP contribution in [0, 0.1) is 0 Å². The highest BCUT2D eigenvalue weighted by Gasteiger charge is 2.35. The van der Waals surface area contributed by atoms with Crippen molar-refractivity contribution in [2.45, 2.75) is 31.1 Å². The van der Waals surface area contributed by atoms with Crippen LogP contribution in [0.4, 0.5) is 0 Å². The third-order valence-electron chi connectivity index (χ3n) is 4.20. The van der Waals surface area contributed by atoms with E-state index in [0.29, 0.717) is 6.04 Å². The number of methoxy groups -OCH3 is 1. The van der Waals surface area contributed by atoms with E-state index in [0.717, 1.165) is 31.0 Å². The van der Waals surface area contributed by atoms with Crippen LogP contribution in [0.1, 0.15) is 24.5 Å². The van der Waals surface area contributed by atoms with Gasteiger partial charge in [0.05, 0.1) is 13.7 Å². The first-order chi connectivity index (χ1) is 9.28. The van der Waals surface area contributed by atoms with E-state index in [4.69, 9.17) is 9.47 Å². The van der Waals surface area contributed by atoms with Crippen molar-refractivity contribution in [3.05, 3.63) is 29.8 Å². The summed E-state index contributed by atoms with van der Waals surface area (Å²) in [6.45, 7) is 2.70. The minimum absolute atomic E-state index is 0.138. The van der Waals surface area contributed by atoms with E-state index in [2.05, 4.69) is 4.90 Å². The van der Waals surface area contributed by atoms with Crippen molar-refractivity contribution in [1.82, 2.24) is 4.90 Å². The van der Waals surface area contributed by atoms with Crippen LogP contribution in [-0.4, -0.2) is 49.0 Å². The van der Waals surface area contributed by atoms with Gasteiger partial charge in [0.2, 0.25) is 0 Å². The molecule has 3 rings (SSSR count). The number of morpholine rings is 1. The highest BCUT2D eigenvalue weighted by Crippen LogP contribution is 2.29. The Morgan fingerprint density at radius 2 is 2.37 bits per heavy atom. The van der Waals surface area contributed by atoms with Gasteiger partial charge in [0, 0.05) is 12.6 Å². The topological polar surface area (TPSA) is 41.9 Å². The molecule has 2 saturated heterocycles. The number of aliphatic hydroxyl groups excluding tert-OH is 1. The van der Waals surface area contributed by atoms with Gasteiger partial charge in [-0.05, 0) is 37.1 Å². The number of aliphatic hydroxyl groups is 1. The van der Waals surface area contributed by atoms with Crippen molar-refractivity contribution in [2.24, 2.45) is 0 Å². The minimum atomic E-state index is -0.586. The van der Waals surface area contributed by atoms with E-state index >= 15 is 0 Å². The first kappa shape index (κ1) is 12.9. The molecular weight excluding hydrogens is 242 g/mol. The Kier molecular flexibility index (Phi) is 3.73. The molecule has 3 unspecified atom stereocenters. The summed E-state index contributed by atoms with van der Waals surface area (Å²) in [5.74, 6) is 0.770. The van der Waals surface area contributed by atoms with Crippen molar-refractivity contribution in [2.75, 3.05) is 26.8 Å². The largest absolute Gasteiger partial charge is 0.497 e. The summed E-state index contributed by atoms with van der Waals surface area (Å²) in [4.78, 5) is 2.44. The minimum Gasteiger partial charge on any atom is -0.497 e. The van der Waals surface area contributed by atoms with Gasteiger partial charge in [-0.15, -0.1) is 0 Å². The van der Waals surface area contributed by atoms with Crippen molar-refractivity contribution < 1.29 is 14.6 Å². The Bertz CT molecular complexity index is 437. The molecule has 4 heteroatoms. The average Bonchev–Trinajstić information content (AvgIpc) is 2.94. The van der Waals surface area contributed by atoms with Gasteiger partial charge in [-0.3, -0.25) is 4.90 Å². The van der Waals surface area contributed by atoms with Gasteiger partial charge < -0.3 is 14.6 Å². The number of nitrogens with zero attached hydrogens (tertiary/aromatic N) is 1. The van der Waals surface area contributed by atoms with Gasteiger partial charge in [0.15, 0.2) is 0 Å². The monoisotopic (exact) mass is 263 g/mol. The molecule has 1 aromatic rings. The second kappa shape index (κ2) is 5.49. The second-order valence-corrected chi connectivity index (χ2v) is 5.38. The number of ether oxygens (including phenoxy) is 2. The molecule has 3 atom stereocenters. The second-order valence-electron chi connectivity index (χ2n) is 5.38. The lowest BCUT2D eigenvalue weighted by molar-refractivity contribution is -0.103. The van der Waals surface area contributed by atoms with Gasteiger partial charge in [-0.1, -0.05) is 12.1 Å². The predicted molar refractivity (Wildman–Crippen MR) is 72.3 cm³/mol. The molecule has 0 saturated carbocycles. The summed E-state index contributed by atoms with van der Waals surface area (Å²) < 4.78 is 11.0. The van der Waals surface area contributed by atoms with Gasteiger partial charge >= 0.3 is 0 Å². The molecule has 4 nitrogen and oxygen atoms in total. The molecule has 2 fully saturated rings. The third kappa shape index (κ3) is 2.61. The van der Waals surface area contributed by atoms with E-state index in [1.54, 1.807) is 7.11 Å². The molecule has 2 aliphatic rings. The quantitative estimate of drug-likeness (QED) is 0.899. The smallest absolute Gasteiger partial charge is 0.119 e.